The van der Waals surface area contributed by atoms with Gasteiger partial charge in [0, 0.05) is 70.3 Å². The molecular formula is C74H103N17O19S2. The topological polar surface area (TPSA) is 554 Å². The van der Waals surface area contributed by atoms with Gasteiger partial charge in [-0.3, -0.25) is 67.1 Å². The van der Waals surface area contributed by atoms with Crippen molar-refractivity contribution >= 4 is 138 Å². The van der Waals surface area contributed by atoms with Crippen LogP contribution in [0.3, 0.4) is 0 Å². The number of nitrogens with zero attached hydrogens (tertiary/aromatic N) is 1. The number of aliphatic hydroxyl groups is 1. The molecule has 1 saturated heterocycles. The molecule has 5 aromatic rings. The van der Waals surface area contributed by atoms with Crippen LogP contribution >= 0.6 is 21.6 Å². The minimum Gasteiger partial charge on any atom is -0.481 e. The number of aromatic nitrogens is 4. The Kier molecular flexibility index (Phi) is 34.2. The number of imidazole rings is 1. The number of carbonyl (C=O) groups excluding carboxylic acids is 12. The number of para-hydroxylation sites is 2. The maximum absolute atomic E-state index is 15.1. The first-order chi connectivity index (χ1) is 52.8. The summed E-state index contributed by atoms with van der Waals surface area (Å²) in [4.78, 5) is 225. The number of fused-ring (bicyclic) bond motifs is 2. The van der Waals surface area contributed by atoms with Gasteiger partial charge in [0.25, 0.3) is 5.91 Å². The smallest absolute Gasteiger partial charge is 0.328 e. The molecule has 36 nitrogen and oxygen atoms in total. The number of hydrogen-bond acceptors (Lipinski definition) is 20. The van der Waals surface area contributed by atoms with E-state index in [0.29, 0.717) is 22.0 Å². The number of amides is 12. The molecule has 610 valence electrons. The molecule has 4 heterocycles. The van der Waals surface area contributed by atoms with E-state index in [-0.39, 0.29) is 49.6 Å². The number of carboxylic acid groups (broad SMARTS) is 3. The molecule has 1 aliphatic heterocycles. The molecule has 20 N–H and O–H groups in total. The Hall–Kier alpha value is -10.9. The highest BCUT2D eigenvalue weighted by atomic mass is 33.1. The van der Waals surface area contributed by atoms with E-state index < -0.39 is 216 Å². The third-order valence-corrected chi connectivity index (χ3v) is 20.0. The van der Waals surface area contributed by atoms with Crippen LogP contribution < -0.4 is 69.1 Å². The fourth-order valence-electron chi connectivity index (χ4n) is 11.9. The van der Waals surface area contributed by atoms with Gasteiger partial charge in [0.2, 0.25) is 65.0 Å². The van der Waals surface area contributed by atoms with Crippen LogP contribution in [0.1, 0.15) is 132 Å². The first kappa shape index (κ1) is 90.0. The highest BCUT2D eigenvalue weighted by Crippen LogP contribution is 2.26. The van der Waals surface area contributed by atoms with Crippen molar-refractivity contribution in [3.8, 4) is 0 Å². The van der Waals surface area contributed by atoms with Crippen LogP contribution in [-0.4, -0.2) is 225 Å². The van der Waals surface area contributed by atoms with Crippen LogP contribution in [0.25, 0.3) is 27.9 Å². The first-order valence-electron chi connectivity index (χ1n) is 36.6. The van der Waals surface area contributed by atoms with Gasteiger partial charge in [-0.2, -0.15) is 0 Å². The summed E-state index contributed by atoms with van der Waals surface area (Å²) in [5.74, 6) is -19.0. The highest BCUT2D eigenvalue weighted by Gasteiger charge is 2.39. The van der Waals surface area contributed by atoms with Crippen LogP contribution in [0.4, 0.5) is 0 Å². The molecule has 0 aliphatic carbocycles. The maximum atomic E-state index is 15.1. The van der Waals surface area contributed by atoms with E-state index in [4.69, 9.17) is 0 Å². The predicted octanol–water partition coefficient (Wildman–Crippen LogP) is 0.394. The summed E-state index contributed by atoms with van der Waals surface area (Å²) in [5.41, 5.74) is 1.25. The molecule has 2 aromatic carbocycles. The molecule has 38 heteroatoms. The Bertz CT molecular complexity index is 4210. The number of aryl methyl sites for hydroxylation is 1. The maximum Gasteiger partial charge on any atom is 0.328 e. The molecule has 0 unspecified atom stereocenters. The van der Waals surface area contributed by atoms with Gasteiger partial charge in [-0.25, -0.2) is 9.78 Å². The Balaban J connectivity index is 1.46. The van der Waals surface area contributed by atoms with Gasteiger partial charge >= 0.3 is 17.9 Å². The van der Waals surface area contributed by atoms with Gasteiger partial charge in [-0.05, 0) is 114 Å². The third-order valence-electron chi connectivity index (χ3n) is 17.6. The minimum absolute atomic E-state index is 0.0704. The molecule has 6 rings (SSSR count). The van der Waals surface area contributed by atoms with Crippen molar-refractivity contribution in [3.63, 3.8) is 0 Å². The van der Waals surface area contributed by atoms with Crippen molar-refractivity contribution in [3.05, 3.63) is 96.0 Å². The van der Waals surface area contributed by atoms with E-state index in [1.54, 1.807) is 111 Å². The number of benzene rings is 2. The monoisotopic (exact) mass is 1600 g/mol. The standard InChI is InChI=1S/C74H103N17O19S2/c1-36(2)24-50-63(99)78-32-57(93)81-48(22-23-58(94)95)64(100)84-51(25-37(3)4)68(104)89-60(38(5)6)72(108)86-52(26-42-30-77-47-19-15-13-17-45(42)47)66(102)87-56(71(107)90-61(40(8)92)73(109)110)34-112-111-33-55(88-69(105)54(28-59(96)97)91-74(9,10)11)70(106)80-39(7)62(98)82-49(21-20-41-29-76-46-18-14-12-16-44(41)46)65(101)85-53(67(103)83-50)27-43-31-75-35-79-43/h12-19,27,29-31,35-40,48-52,54-56,60-61,76-77,91-92H,20-26,28,32-34H2,1-11H3,(H,75,79)(H,78,99)(H,80,106)(H,81,93)(H,82,98)(H,83,103)(H,84,100)(H,85,101)(H,86,108)(H,87,102)(H,88,105)(H,89,104)(H,90,107)(H,94,95)(H,96,97)(H,109,110)/b53-27-/t39-,40+,48-,49-,50-,51-,52-,54-,55-,56-,60-,61-/m0/s1. The Morgan fingerprint density at radius 2 is 1.19 bits per heavy atom. The quantitative estimate of drug-likeness (QED) is 0.0311. The molecule has 0 radical (unpaired) electrons. The minimum atomic E-state index is -1.95. The molecular weight excluding hydrogens is 1500 g/mol. The van der Waals surface area contributed by atoms with Gasteiger partial charge in [-0.15, -0.1) is 0 Å². The highest BCUT2D eigenvalue weighted by molar-refractivity contribution is 8.76. The number of hydrogen-bond donors (Lipinski definition) is 20. The zero-order valence-corrected chi connectivity index (χ0v) is 65.8. The summed E-state index contributed by atoms with van der Waals surface area (Å²) in [6, 6.07) is -3.53. The van der Waals surface area contributed by atoms with Crippen molar-refractivity contribution in [2.24, 2.45) is 17.8 Å². The molecule has 0 spiro atoms. The summed E-state index contributed by atoms with van der Waals surface area (Å²) in [6.45, 7) is 16.5. The zero-order valence-electron chi connectivity index (χ0n) is 64.1. The third kappa shape index (κ3) is 28.5. The van der Waals surface area contributed by atoms with E-state index in [1.807, 2.05) is 12.1 Å². The first-order valence-corrected chi connectivity index (χ1v) is 39.0. The second-order valence-corrected chi connectivity index (χ2v) is 32.1. The molecule has 112 heavy (non-hydrogen) atoms. The average molecular weight is 1600 g/mol. The number of rotatable bonds is 23. The van der Waals surface area contributed by atoms with Crippen molar-refractivity contribution < 1.29 is 92.3 Å². The number of aliphatic hydroxyl groups excluding tert-OH is 1. The lowest BCUT2D eigenvalue weighted by atomic mass is 9.98. The van der Waals surface area contributed by atoms with E-state index in [2.05, 4.69) is 89.1 Å². The average Bonchev–Trinajstić information content (AvgIpc) is 1.62. The lowest BCUT2D eigenvalue weighted by Crippen LogP contribution is -2.61. The van der Waals surface area contributed by atoms with Crippen molar-refractivity contribution in [1.29, 1.82) is 0 Å². The normalized spacial score (nSPS) is 22.6. The van der Waals surface area contributed by atoms with Gasteiger partial charge in [0.05, 0.1) is 37.1 Å². The molecule has 12 atom stereocenters. The zero-order chi connectivity index (χ0) is 82.8. The summed E-state index contributed by atoms with van der Waals surface area (Å²) < 4.78 is 0. The van der Waals surface area contributed by atoms with Crippen molar-refractivity contribution in [1.82, 2.24) is 89.1 Å². The Labute approximate surface area is 654 Å². The van der Waals surface area contributed by atoms with Crippen LogP contribution in [-0.2, 0) is 84.8 Å². The predicted molar refractivity (Wildman–Crippen MR) is 415 cm³/mol. The summed E-state index contributed by atoms with van der Waals surface area (Å²) in [5, 5.41) is 75.3. The van der Waals surface area contributed by atoms with E-state index in [9.17, 15) is 87.5 Å². The van der Waals surface area contributed by atoms with Crippen LogP contribution in [0.2, 0.25) is 0 Å². The lowest BCUT2D eigenvalue weighted by molar-refractivity contribution is -0.145. The molecule has 3 aromatic heterocycles. The Morgan fingerprint density at radius 1 is 0.616 bits per heavy atom. The number of aliphatic carboxylic acids is 3. The fraction of sp³-hybridized carbons (Fsp3) is 0.514. The van der Waals surface area contributed by atoms with Crippen LogP contribution in [0.5, 0.6) is 0 Å². The molecule has 1 fully saturated rings. The lowest BCUT2D eigenvalue weighted by Gasteiger charge is -2.29. The number of nitrogens with one attached hydrogen (secondary N) is 16. The van der Waals surface area contributed by atoms with Crippen molar-refractivity contribution in [2.75, 3.05) is 18.1 Å². The molecule has 0 saturated carbocycles. The number of carboxylic acids is 3. The molecule has 12 amide bonds. The fourth-order valence-corrected chi connectivity index (χ4v) is 14.2. The molecule has 0 bridgehead atoms. The number of H-pyrrole nitrogens is 3. The van der Waals surface area contributed by atoms with Gasteiger partial charge in [-0.1, -0.05) is 99.5 Å². The largest absolute Gasteiger partial charge is 0.481 e. The number of carbonyl (C=O) groups is 15. The Morgan fingerprint density at radius 3 is 1.77 bits per heavy atom. The van der Waals surface area contributed by atoms with Gasteiger partial charge in [0.1, 0.15) is 60.1 Å². The van der Waals surface area contributed by atoms with E-state index in [0.717, 1.165) is 39.4 Å². The molecule has 1 aliphatic rings. The number of aromatic amines is 3. The van der Waals surface area contributed by atoms with Crippen LogP contribution in [0.15, 0.2) is 79.1 Å². The second kappa shape index (κ2) is 42.5. The van der Waals surface area contributed by atoms with Crippen LogP contribution in [0, 0.1) is 17.8 Å². The van der Waals surface area contributed by atoms with E-state index in [1.165, 1.54) is 25.5 Å². The SMILES string of the molecule is CC(C)C[C@@H]1NC(=O)/C(=C/c2c[nH]cn2)NC(=O)[C@H](CCc2c[nH]c3ccccc23)NC(=O)[C@H](C)NC(=O)[C@@H](NC(=O)[C@H](CC(=O)O)NC(C)(C)C)CSSC[C@@H](C(=O)N[C@H](C(=O)O)[C@@H](C)O)NC(=O)[C@H](Cc2c[nH]c3ccccc23)NC(=O)[C@H](C(C)C)NC(=O)[C@H](CC(C)C)NC(=O)[C@H](CCC(=O)O)NC(=O)CNC1=O. The summed E-state index contributed by atoms with van der Waals surface area (Å²) in [7, 11) is 1.60. The summed E-state index contributed by atoms with van der Waals surface area (Å²) >= 11 is 0. The van der Waals surface area contributed by atoms with Gasteiger partial charge < -0.3 is 104 Å². The van der Waals surface area contributed by atoms with Gasteiger partial charge in [0.15, 0.2) is 6.04 Å². The summed E-state index contributed by atoms with van der Waals surface area (Å²) in [6.07, 6.45) is 2.86. The second-order valence-electron chi connectivity index (χ2n) is 29.5. The van der Waals surface area contributed by atoms with E-state index >= 15 is 4.79 Å². The van der Waals surface area contributed by atoms with Crippen molar-refractivity contribution in [2.45, 2.75) is 206 Å².